The van der Waals surface area contributed by atoms with Gasteiger partial charge in [-0.1, -0.05) is 13.8 Å². The van der Waals surface area contributed by atoms with E-state index in [2.05, 4.69) is 15.6 Å². The molecule has 0 bridgehead atoms. The molecule has 3 N–H and O–H groups in total. The molecule has 1 rings (SSSR count). The highest BCUT2D eigenvalue weighted by atomic mass is 16.5. The van der Waals surface area contributed by atoms with Gasteiger partial charge in [-0.25, -0.2) is 9.78 Å². The molecule has 1 aromatic rings. The van der Waals surface area contributed by atoms with Crippen LogP contribution >= 0.6 is 0 Å². The van der Waals surface area contributed by atoms with E-state index >= 15 is 0 Å². The zero-order valence-corrected chi connectivity index (χ0v) is 14.0. The molecular weight excluding hydrogens is 314 g/mol. The van der Waals surface area contributed by atoms with Crippen LogP contribution in [-0.4, -0.2) is 47.1 Å². The lowest BCUT2D eigenvalue weighted by Crippen LogP contribution is -2.46. The molecule has 132 valence electrons. The third kappa shape index (κ3) is 6.23. The number of carboxylic acids is 1. The van der Waals surface area contributed by atoms with E-state index in [1.807, 2.05) is 13.8 Å². The Hall–Kier alpha value is -2.64. The average molecular weight is 337 g/mol. The summed E-state index contributed by atoms with van der Waals surface area (Å²) in [7, 11) is 0. The Kier molecular flexibility index (Phi) is 7.67. The maximum absolute atomic E-state index is 12.1. The molecule has 0 unspecified atom stereocenters. The standard InChI is InChI=1S/C16H23N3O5/c1-4-24-15-11(6-5-7-17-15)14(21)18-9-13(20)19-12(16(22)23)8-10(2)3/h5-7,10,12H,4,8-9H2,1-3H3,(H,18,21)(H,19,20)(H,22,23)/t12-/m0/s1. The summed E-state index contributed by atoms with van der Waals surface area (Å²) < 4.78 is 5.25. The number of hydrogen-bond acceptors (Lipinski definition) is 5. The van der Waals surface area contributed by atoms with Crippen LogP contribution in [0.3, 0.4) is 0 Å². The molecule has 0 saturated carbocycles. The van der Waals surface area contributed by atoms with E-state index in [-0.39, 0.29) is 23.9 Å². The molecule has 0 aliphatic heterocycles. The molecule has 0 spiro atoms. The van der Waals surface area contributed by atoms with Crippen LogP contribution in [0.15, 0.2) is 18.3 Å². The number of nitrogens with one attached hydrogen (secondary N) is 2. The topological polar surface area (TPSA) is 118 Å². The van der Waals surface area contributed by atoms with Crippen molar-refractivity contribution in [2.24, 2.45) is 5.92 Å². The van der Waals surface area contributed by atoms with E-state index in [0.29, 0.717) is 13.0 Å². The molecular formula is C16H23N3O5. The van der Waals surface area contributed by atoms with Crippen molar-refractivity contribution in [3.05, 3.63) is 23.9 Å². The maximum atomic E-state index is 12.1. The molecule has 0 aliphatic carbocycles. The van der Waals surface area contributed by atoms with Gasteiger partial charge in [0.25, 0.3) is 5.91 Å². The quantitative estimate of drug-likeness (QED) is 0.614. The molecule has 1 aromatic heterocycles. The number of carbonyl (C=O) groups excluding carboxylic acids is 2. The van der Waals surface area contributed by atoms with E-state index in [9.17, 15) is 14.4 Å². The molecule has 8 heteroatoms. The smallest absolute Gasteiger partial charge is 0.326 e. The van der Waals surface area contributed by atoms with Crippen molar-refractivity contribution in [3.8, 4) is 5.88 Å². The second-order valence-corrected chi connectivity index (χ2v) is 5.56. The van der Waals surface area contributed by atoms with Crippen molar-refractivity contribution >= 4 is 17.8 Å². The second-order valence-electron chi connectivity index (χ2n) is 5.56. The Morgan fingerprint density at radius 2 is 2.04 bits per heavy atom. The third-order valence-corrected chi connectivity index (χ3v) is 3.05. The molecule has 0 fully saturated rings. The average Bonchev–Trinajstić information content (AvgIpc) is 2.52. The fourth-order valence-electron chi connectivity index (χ4n) is 2.01. The first-order valence-electron chi connectivity index (χ1n) is 7.73. The lowest BCUT2D eigenvalue weighted by atomic mass is 10.0. The van der Waals surface area contributed by atoms with Crippen molar-refractivity contribution in [1.82, 2.24) is 15.6 Å². The normalized spacial score (nSPS) is 11.7. The number of hydrogen-bond donors (Lipinski definition) is 3. The Labute approximate surface area is 140 Å². The van der Waals surface area contributed by atoms with Crippen LogP contribution in [0.2, 0.25) is 0 Å². The summed E-state index contributed by atoms with van der Waals surface area (Å²) in [6, 6.07) is 2.14. The number of pyridine rings is 1. The lowest BCUT2D eigenvalue weighted by molar-refractivity contribution is -0.142. The second kappa shape index (κ2) is 9.49. The van der Waals surface area contributed by atoms with Crippen molar-refractivity contribution in [2.45, 2.75) is 33.2 Å². The fraction of sp³-hybridized carbons (Fsp3) is 0.500. The first kappa shape index (κ1) is 19.4. The summed E-state index contributed by atoms with van der Waals surface area (Å²) >= 11 is 0. The number of amides is 2. The molecule has 24 heavy (non-hydrogen) atoms. The first-order chi connectivity index (χ1) is 11.3. The summed E-state index contributed by atoms with van der Waals surface area (Å²) in [5, 5.41) is 13.9. The molecule has 0 radical (unpaired) electrons. The molecule has 0 saturated heterocycles. The zero-order valence-electron chi connectivity index (χ0n) is 14.0. The van der Waals surface area contributed by atoms with Crippen molar-refractivity contribution in [3.63, 3.8) is 0 Å². The Morgan fingerprint density at radius 1 is 1.33 bits per heavy atom. The highest BCUT2D eigenvalue weighted by Crippen LogP contribution is 2.13. The summed E-state index contributed by atoms with van der Waals surface area (Å²) in [6.07, 6.45) is 1.81. The van der Waals surface area contributed by atoms with Gasteiger partial charge in [-0.2, -0.15) is 0 Å². The van der Waals surface area contributed by atoms with Gasteiger partial charge in [-0.05, 0) is 31.4 Å². The minimum Gasteiger partial charge on any atom is -0.480 e. The molecule has 1 atom stereocenters. The van der Waals surface area contributed by atoms with E-state index in [1.54, 1.807) is 13.0 Å². The van der Waals surface area contributed by atoms with Crippen molar-refractivity contribution in [2.75, 3.05) is 13.2 Å². The minimum absolute atomic E-state index is 0.116. The summed E-state index contributed by atoms with van der Waals surface area (Å²) in [4.78, 5) is 39.0. The SMILES string of the molecule is CCOc1ncccc1C(=O)NCC(=O)N[C@@H](CC(C)C)C(=O)O. The molecule has 0 aliphatic rings. The highest BCUT2D eigenvalue weighted by molar-refractivity contribution is 5.98. The van der Waals surface area contributed by atoms with Crippen LogP contribution in [-0.2, 0) is 9.59 Å². The van der Waals surface area contributed by atoms with Gasteiger partial charge >= 0.3 is 5.97 Å². The van der Waals surface area contributed by atoms with Crippen LogP contribution in [0.4, 0.5) is 0 Å². The summed E-state index contributed by atoms with van der Waals surface area (Å²) in [5.41, 5.74) is 0.212. The third-order valence-electron chi connectivity index (χ3n) is 3.05. The van der Waals surface area contributed by atoms with E-state index in [1.165, 1.54) is 12.3 Å². The minimum atomic E-state index is -1.10. The predicted molar refractivity (Wildman–Crippen MR) is 86.8 cm³/mol. The van der Waals surface area contributed by atoms with Crippen molar-refractivity contribution < 1.29 is 24.2 Å². The Balaban J connectivity index is 2.60. The monoisotopic (exact) mass is 337 g/mol. The lowest BCUT2D eigenvalue weighted by Gasteiger charge is -2.16. The number of rotatable bonds is 9. The highest BCUT2D eigenvalue weighted by Gasteiger charge is 2.21. The number of nitrogens with zero attached hydrogens (tertiary/aromatic N) is 1. The van der Waals surface area contributed by atoms with Crippen LogP contribution in [0.25, 0.3) is 0 Å². The van der Waals surface area contributed by atoms with Crippen LogP contribution in [0.5, 0.6) is 5.88 Å². The number of aromatic nitrogens is 1. The van der Waals surface area contributed by atoms with E-state index in [4.69, 9.17) is 9.84 Å². The Morgan fingerprint density at radius 3 is 2.62 bits per heavy atom. The van der Waals surface area contributed by atoms with Crippen LogP contribution in [0.1, 0.15) is 37.6 Å². The number of aliphatic carboxylic acids is 1. The molecule has 0 aromatic carbocycles. The van der Waals surface area contributed by atoms with Gasteiger partial charge in [0.2, 0.25) is 11.8 Å². The van der Waals surface area contributed by atoms with Gasteiger partial charge < -0.3 is 20.5 Å². The zero-order chi connectivity index (χ0) is 18.1. The van der Waals surface area contributed by atoms with E-state index < -0.39 is 23.8 Å². The van der Waals surface area contributed by atoms with Crippen LogP contribution in [0, 0.1) is 5.92 Å². The molecule has 2 amide bonds. The van der Waals surface area contributed by atoms with Gasteiger partial charge in [0.15, 0.2) is 0 Å². The van der Waals surface area contributed by atoms with Gasteiger partial charge in [-0.3, -0.25) is 9.59 Å². The summed E-state index contributed by atoms with van der Waals surface area (Å²) in [6.45, 7) is 5.52. The van der Waals surface area contributed by atoms with Gasteiger partial charge in [0.05, 0.1) is 13.2 Å². The Bertz CT molecular complexity index is 589. The number of ether oxygens (including phenoxy) is 1. The number of carbonyl (C=O) groups is 3. The number of carboxylic acid groups (broad SMARTS) is 1. The summed E-state index contributed by atoms with van der Waals surface area (Å²) in [5.74, 6) is -1.89. The largest absolute Gasteiger partial charge is 0.480 e. The predicted octanol–water partition coefficient (Wildman–Crippen LogP) is 0.826. The van der Waals surface area contributed by atoms with Crippen LogP contribution < -0.4 is 15.4 Å². The van der Waals surface area contributed by atoms with Gasteiger partial charge in [-0.15, -0.1) is 0 Å². The van der Waals surface area contributed by atoms with Gasteiger partial charge in [0.1, 0.15) is 11.6 Å². The van der Waals surface area contributed by atoms with E-state index in [0.717, 1.165) is 0 Å². The molecule has 8 nitrogen and oxygen atoms in total. The van der Waals surface area contributed by atoms with Gasteiger partial charge in [0, 0.05) is 6.20 Å². The fourth-order valence-corrected chi connectivity index (χ4v) is 2.01. The maximum Gasteiger partial charge on any atom is 0.326 e. The first-order valence-corrected chi connectivity index (χ1v) is 7.73. The molecule has 1 heterocycles. The van der Waals surface area contributed by atoms with Crippen molar-refractivity contribution in [1.29, 1.82) is 0 Å².